The summed E-state index contributed by atoms with van der Waals surface area (Å²) in [6.07, 6.45) is 5.22. The maximum atomic E-state index is 12.3. The molecule has 1 aromatic carbocycles. The van der Waals surface area contributed by atoms with Crippen molar-refractivity contribution in [1.82, 2.24) is 9.88 Å². The van der Waals surface area contributed by atoms with E-state index < -0.39 is 0 Å². The van der Waals surface area contributed by atoms with Gasteiger partial charge in [-0.2, -0.15) is 0 Å². The van der Waals surface area contributed by atoms with E-state index in [-0.39, 0.29) is 17.4 Å². The summed E-state index contributed by atoms with van der Waals surface area (Å²) in [7, 11) is 0. The first-order valence-electron chi connectivity index (χ1n) is 10.6. The molecule has 2 aromatic rings. The van der Waals surface area contributed by atoms with Crippen molar-refractivity contribution in [3.63, 3.8) is 0 Å². The summed E-state index contributed by atoms with van der Waals surface area (Å²) in [6, 6.07) is 11.0. The minimum atomic E-state index is -0.117. The van der Waals surface area contributed by atoms with E-state index in [1.165, 1.54) is 11.1 Å². The zero-order valence-corrected chi connectivity index (χ0v) is 19.5. The molecule has 1 saturated heterocycles. The van der Waals surface area contributed by atoms with E-state index in [0.717, 1.165) is 29.7 Å². The van der Waals surface area contributed by atoms with Gasteiger partial charge in [-0.1, -0.05) is 36.7 Å². The van der Waals surface area contributed by atoms with Gasteiger partial charge in [-0.25, -0.2) is 0 Å². The lowest BCUT2D eigenvalue weighted by Gasteiger charge is -2.40. The van der Waals surface area contributed by atoms with Gasteiger partial charge in [-0.3, -0.25) is 14.7 Å². The highest BCUT2D eigenvalue weighted by molar-refractivity contribution is 9.10. The van der Waals surface area contributed by atoms with Gasteiger partial charge in [-0.15, -0.1) is 0 Å². The zero-order valence-electron chi connectivity index (χ0n) is 17.9. The second kappa shape index (κ2) is 8.67. The minimum absolute atomic E-state index is 0.0623. The number of carbonyl (C=O) groups excluding carboxylic acids is 1. The van der Waals surface area contributed by atoms with Crippen molar-refractivity contribution in [2.75, 3.05) is 18.5 Å². The monoisotopic (exact) mass is 471 g/mol. The number of hydrogen-bond acceptors (Lipinski definition) is 5. The standard InChI is InChI=1S/C24H30BrN3O2/c1-24(2,3)13-22(29)30-15-21-18-8-11-28(14-16-6-9-26-10-7-16)23(18)19-12-17(25)4-5-20(19)27-21/h4-7,9-10,12,18,21,23,27H,8,11,13-15H2,1-3H3/t18-,21-,23-/m1/s1. The van der Waals surface area contributed by atoms with Gasteiger partial charge in [0.2, 0.25) is 0 Å². The van der Waals surface area contributed by atoms with Crippen LogP contribution in [-0.4, -0.2) is 35.0 Å². The molecule has 1 N–H and O–H groups in total. The fourth-order valence-corrected chi connectivity index (χ4v) is 5.06. The highest BCUT2D eigenvalue weighted by Gasteiger charge is 2.44. The molecule has 3 atom stereocenters. The number of pyridine rings is 1. The van der Waals surface area contributed by atoms with Crippen LogP contribution >= 0.6 is 15.9 Å². The van der Waals surface area contributed by atoms with E-state index in [1.807, 2.05) is 12.4 Å². The van der Waals surface area contributed by atoms with Crippen molar-refractivity contribution < 1.29 is 9.53 Å². The van der Waals surface area contributed by atoms with Crippen LogP contribution in [0.5, 0.6) is 0 Å². The van der Waals surface area contributed by atoms with Crippen molar-refractivity contribution in [1.29, 1.82) is 0 Å². The third kappa shape index (κ3) is 4.86. The molecule has 3 heterocycles. The Bertz CT molecular complexity index is 897. The molecule has 0 amide bonds. The number of esters is 1. The molecule has 1 aromatic heterocycles. The molecule has 0 radical (unpaired) electrons. The zero-order chi connectivity index (χ0) is 21.3. The Kier molecular flexibility index (Phi) is 6.16. The van der Waals surface area contributed by atoms with Crippen LogP contribution in [0.15, 0.2) is 47.2 Å². The van der Waals surface area contributed by atoms with E-state index in [4.69, 9.17) is 4.74 Å². The molecule has 0 bridgehead atoms. The number of anilines is 1. The van der Waals surface area contributed by atoms with Gasteiger partial charge in [0.25, 0.3) is 0 Å². The number of nitrogens with one attached hydrogen (secondary N) is 1. The van der Waals surface area contributed by atoms with Gasteiger partial charge in [0, 0.05) is 41.1 Å². The number of halogens is 1. The second-order valence-electron chi connectivity index (χ2n) is 9.63. The van der Waals surface area contributed by atoms with Gasteiger partial charge >= 0.3 is 5.97 Å². The summed E-state index contributed by atoms with van der Waals surface area (Å²) < 4.78 is 6.81. The Labute approximate surface area is 187 Å². The first kappa shape index (κ1) is 21.3. The lowest BCUT2D eigenvalue weighted by Crippen LogP contribution is -2.42. The average Bonchev–Trinajstić information content (AvgIpc) is 3.10. The van der Waals surface area contributed by atoms with Crippen LogP contribution in [0, 0.1) is 11.3 Å². The quantitative estimate of drug-likeness (QED) is 0.608. The third-order valence-electron chi connectivity index (χ3n) is 5.97. The minimum Gasteiger partial charge on any atom is -0.463 e. The van der Waals surface area contributed by atoms with Crippen molar-refractivity contribution in [2.24, 2.45) is 11.3 Å². The Morgan fingerprint density at radius 1 is 1.27 bits per heavy atom. The molecule has 2 aliphatic heterocycles. The summed E-state index contributed by atoms with van der Waals surface area (Å²) in [4.78, 5) is 19.0. The summed E-state index contributed by atoms with van der Waals surface area (Å²) in [5, 5.41) is 3.66. The number of likely N-dealkylation sites (tertiary alicyclic amines) is 1. The molecule has 0 unspecified atom stereocenters. The number of rotatable bonds is 5. The molecule has 0 spiro atoms. The first-order chi connectivity index (χ1) is 14.3. The van der Waals surface area contributed by atoms with Crippen molar-refractivity contribution in [3.8, 4) is 0 Å². The predicted octanol–water partition coefficient (Wildman–Crippen LogP) is 5.18. The van der Waals surface area contributed by atoms with Gasteiger partial charge < -0.3 is 10.1 Å². The van der Waals surface area contributed by atoms with Crippen LogP contribution in [0.1, 0.15) is 50.8 Å². The van der Waals surface area contributed by atoms with E-state index >= 15 is 0 Å². The van der Waals surface area contributed by atoms with Crippen molar-refractivity contribution in [2.45, 2.75) is 52.2 Å². The number of nitrogens with zero attached hydrogens (tertiary/aromatic N) is 2. The molecule has 0 aliphatic carbocycles. The Morgan fingerprint density at radius 2 is 2.03 bits per heavy atom. The summed E-state index contributed by atoms with van der Waals surface area (Å²) in [5.41, 5.74) is 3.66. The van der Waals surface area contributed by atoms with Crippen LogP contribution in [-0.2, 0) is 16.1 Å². The molecule has 5 nitrogen and oxygen atoms in total. The van der Waals surface area contributed by atoms with Gasteiger partial charge in [0.15, 0.2) is 0 Å². The number of aromatic nitrogens is 1. The lowest BCUT2D eigenvalue weighted by molar-refractivity contribution is -0.146. The number of carbonyl (C=O) groups is 1. The smallest absolute Gasteiger partial charge is 0.306 e. The highest BCUT2D eigenvalue weighted by Crippen LogP contribution is 2.47. The van der Waals surface area contributed by atoms with Crippen LogP contribution in [0.2, 0.25) is 0 Å². The van der Waals surface area contributed by atoms with Gasteiger partial charge in [0.05, 0.1) is 12.5 Å². The lowest BCUT2D eigenvalue weighted by atomic mass is 9.83. The summed E-state index contributed by atoms with van der Waals surface area (Å²) in [5.74, 6) is 0.283. The maximum Gasteiger partial charge on any atom is 0.306 e. The van der Waals surface area contributed by atoms with Gasteiger partial charge in [-0.05, 0) is 59.8 Å². The topological polar surface area (TPSA) is 54.5 Å². The number of fused-ring (bicyclic) bond motifs is 3. The second-order valence-corrected chi connectivity index (χ2v) is 10.5. The maximum absolute atomic E-state index is 12.3. The highest BCUT2D eigenvalue weighted by atomic mass is 79.9. The van der Waals surface area contributed by atoms with E-state index in [0.29, 0.717) is 25.0 Å². The third-order valence-corrected chi connectivity index (χ3v) is 6.47. The normalized spacial score (nSPS) is 23.4. The first-order valence-corrected chi connectivity index (χ1v) is 11.4. The Morgan fingerprint density at radius 3 is 2.77 bits per heavy atom. The summed E-state index contributed by atoms with van der Waals surface area (Å²) in [6.45, 7) is 8.51. The molecular weight excluding hydrogens is 442 g/mol. The number of benzene rings is 1. The van der Waals surface area contributed by atoms with Crippen molar-refractivity contribution in [3.05, 3.63) is 58.3 Å². The molecule has 30 heavy (non-hydrogen) atoms. The Balaban J connectivity index is 1.54. The van der Waals surface area contributed by atoms with Gasteiger partial charge in [0.1, 0.15) is 6.61 Å². The molecular formula is C24H30BrN3O2. The average molecular weight is 472 g/mol. The molecule has 1 fully saturated rings. The van der Waals surface area contributed by atoms with E-state index in [1.54, 1.807) is 0 Å². The fourth-order valence-electron chi connectivity index (χ4n) is 4.68. The number of hydrogen-bond donors (Lipinski definition) is 1. The molecule has 160 valence electrons. The van der Waals surface area contributed by atoms with E-state index in [2.05, 4.69) is 82.2 Å². The molecule has 6 heteroatoms. The van der Waals surface area contributed by atoms with Crippen LogP contribution < -0.4 is 5.32 Å². The van der Waals surface area contributed by atoms with Crippen LogP contribution in [0.25, 0.3) is 0 Å². The SMILES string of the molecule is CC(C)(C)CC(=O)OC[C@H]1Nc2ccc(Br)cc2[C@H]2[C@@H]1CCN2Cc1ccncc1. The van der Waals surface area contributed by atoms with E-state index in [9.17, 15) is 4.79 Å². The van der Waals surface area contributed by atoms with Crippen LogP contribution in [0.3, 0.4) is 0 Å². The summed E-state index contributed by atoms with van der Waals surface area (Å²) >= 11 is 3.64. The molecule has 0 saturated carbocycles. The van der Waals surface area contributed by atoms with Crippen molar-refractivity contribution >= 4 is 27.6 Å². The molecule has 4 rings (SSSR count). The largest absolute Gasteiger partial charge is 0.463 e. The number of ether oxygens (including phenoxy) is 1. The fraction of sp³-hybridized carbons (Fsp3) is 0.500. The Hall–Kier alpha value is -1.92. The molecule has 2 aliphatic rings. The predicted molar refractivity (Wildman–Crippen MR) is 122 cm³/mol. The van der Waals surface area contributed by atoms with Crippen LogP contribution in [0.4, 0.5) is 5.69 Å².